The van der Waals surface area contributed by atoms with Gasteiger partial charge in [0.05, 0.1) is 21.3 Å². The van der Waals surface area contributed by atoms with Gasteiger partial charge in [0.15, 0.2) is 28.4 Å². The highest BCUT2D eigenvalue weighted by molar-refractivity contribution is 5.90. The predicted octanol–water partition coefficient (Wildman–Crippen LogP) is 6.64. The van der Waals surface area contributed by atoms with Crippen LogP contribution in [-0.4, -0.2) is 21.3 Å². The van der Waals surface area contributed by atoms with E-state index in [1.807, 2.05) is 66.7 Å². The Kier molecular flexibility index (Phi) is 7.68. The summed E-state index contributed by atoms with van der Waals surface area (Å²) in [5.41, 5.74) is 2.68. The first-order chi connectivity index (χ1) is 19.1. The quantitative estimate of drug-likeness (QED) is 0.203. The fourth-order valence-electron chi connectivity index (χ4n) is 4.30. The van der Waals surface area contributed by atoms with E-state index in [-0.39, 0.29) is 16.6 Å². The van der Waals surface area contributed by atoms with Gasteiger partial charge in [0, 0.05) is 17.7 Å². The van der Waals surface area contributed by atoms with E-state index < -0.39 is 0 Å². The molecule has 5 rings (SSSR count). The molecule has 0 saturated carbocycles. The zero-order valence-corrected chi connectivity index (χ0v) is 21.9. The molecule has 0 spiro atoms. The van der Waals surface area contributed by atoms with E-state index in [1.165, 1.54) is 20.3 Å². The molecule has 0 fully saturated rings. The van der Waals surface area contributed by atoms with Crippen molar-refractivity contribution in [2.24, 2.45) is 0 Å². The molecule has 39 heavy (non-hydrogen) atoms. The Morgan fingerprint density at radius 3 is 1.82 bits per heavy atom. The molecular weight excluding hydrogens is 496 g/mol. The van der Waals surface area contributed by atoms with Crippen molar-refractivity contribution < 1.29 is 28.1 Å². The van der Waals surface area contributed by atoms with Gasteiger partial charge in [0.2, 0.25) is 5.75 Å². The molecular formula is C32H28O7. The van der Waals surface area contributed by atoms with Crippen molar-refractivity contribution in [2.45, 2.75) is 13.2 Å². The van der Waals surface area contributed by atoms with Gasteiger partial charge in [-0.1, -0.05) is 60.7 Å². The molecule has 0 N–H and O–H groups in total. The van der Waals surface area contributed by atoms with E-state index in [9.17, 15) is 4.79 Å². The van der Waals surface area contributed by atoms with Crippen LogP contribution in [0, 0.1) is 0 Å². The summed E-state index contributed by atoms with van der Waals surface area (Å²) in [5, 5.41) is 0.263. The summed E-state index contributed by atoms with van der Waals surface area (Å²) in [6.45, 7) is 0.664. The maximum absolute atomic E-state index is 13.3. The monoisotopic (exact) mass is 524 g/mol. The summed E-state index contributed by atoms with van der Waals surface area (Å²) in [6.07, 6.45) is 0. The van der Waals surface area contributed by atoms with Gasteiger partial charge in [-0.3, -0.25) is 4.79 Å². The number of fused-ring (bicyclic) bond motifs is 1. The lowest BCUT2D eigenvalue weighted by Gasteiger charge is -2.16. The number of benzene rings is 4. The summed E-state index contributed by atoms with van der Waals surface area (Å²) < 4.78 is 35.0. The minimum atomic E-state index is -0.279. The fourth-order valence-corrected chi connectivity index (χ4v) is 4.30. The van der Waals surface area contributed by atoms with E-state index >= 15 is 0 Å². The summed E-state index contributed by atoms with van der Waals surface area (Å²) >= 11 is 0. The van der Waals surface area contributed by atoms with E-state index in [4.69, 9.17) is 28.1 Å². The van der Waals surface area contributed by atoms with Crippen molar-refractivity contribution in [1.82, 2.24) is 0 Å². The summed E-state index contributed by atoms with van der Waals surface area (Å²) in [5.74, 6) is 2.43. The van der Waals surface area contributed by atoms with Crippen LogP contribution in [0.15, 0.2) is 100 Å². The molecule has 0 amide bonds. The topological polar surface area (TPSA) is 76.4 Å². The molecule has 198 valence electrons. The standard InChI is InChI=1S/C32H28O7/c1-34-25-15-14-23(16-27(25)37-19-21-10-6-4-7-11-21)26-17-24(33)30-28(39-26)18-29(31(35-2)32(30)36-3)38-20-22-12-8-5-9-13-22/h4-18H,19-20H2,1-3H3. The smallest absolute Gasteiger partial charge is 0.204 e. The first-order valence-electron chi connectivity index (χ1n) is 12.4. The van der Waals surface area contributed by atoms with Gasteiger partial charge >= 0.3 is 0 Å². The maximum atomic E-state index is 13.3. The van der Waals surface area contributed by atoms with Crippen molar-refractivity contribution in [3.8, 4) is 40.1 Å². The van der Waals surface area contributed by atoms with E-state index in [0.29, 0.717) is 53.1 Å². The molecule has 1 heterocycles. The Hall–Kier alpha value is -4.91. The zero-order valence-electron chi connectivity index (χ0n) is 21.9. The molecule has 0 unspecified atom stereocenters. The second kappa shape index (κ2) is 11.6. The van der Waals surface area contributed by atoms with Crippen LogP contribution < -0.4 is 29.1 Å². The van der Waals surface area contributed by atoms with E-state index in [1.54, 1.807) is 25.3 Å². The van der Waals surface area contributed by atoms with Gasteiger partial charge in [0.1, 0.15) is 29.9 Å². The average Bonchev–Trinajstić information content (AvgIpc) is 2.98. The van der Waals surface area contributed by atoms with Crippen molar-refractivity contribution in [3.05, 3.63) is 112 Å². The maximum Gasteiger partial charge on any atom is 0.204 e. The molecule has 1 aromatic heterocycles. The Morgan fingerprint density at radius 1 is 0.615 bits per heavy atom. The number of rotatable bonds is 10. The third kappa shape index (κ3) is 5.52. The van der Waals surface area contributed by atoms with Gasteiger partial charge in [-0.25, -0.2) is 0 Å². The second-order valence-electron chi connectivity index (χ2n) is 8.70. The average molecular weight is 525 g/mol. The van der Waals surface area contributed by atoms with Gasteiger partial charge in [-0.2, -0.15) is 0 Å². The Morgan fingerprint density at radius 2 is 1.23 bits per heavy atom. The molecule has 0 bridgehead atoms. The molecule has 0 saturated heterocycles. The van der Waals surface area contributed by atoms with E-state index in [0.717, 1.165) is 11.1 Å². The van der Waals surface area contributed by atoms with Crippen LogP contribution in [0.25, 0.3) is 22.3 Å². The fraction of sp³-hybridized carbons (Fsp3) is 0.156. The summed E-state index contributed by atoms with van der Waals surface area (Å²) in [7, 11) is 4.56. The molecule has 5 aromatic rings. The van der Waals surface area contributed by atoms with Crippen LogP contribution in [-0.2, 0) is 13.2 Å². The van der Waals surface area contributed by atoms with Gasteiger partial charge < -0.3 is 28.1 Å². The number of hydrogen-bond acceptors (Lipinski definition) is 7. The van der Waals surface area contributed by atoms with E-state index in [2.05, 4.69) is 0 Å². The van der Waals surface area contributed by atoms with Crippen LogP contribution in [0.2, 0.25) is 0 Å². The van der Waals surface area contributed by atoms with Gasteiger partial charge in [-0.15, -0.1) is 0 Å². The SMILES string of the molecule is COc1ccc(-c2cc(=O)c3c(OC)c(OC)c(OCc4ccccc4)cc3o2)cc1OCc1ccccc1. The zero-order chi connectivity index (χ0) is 27.2. The van der Waals surface area contributed by atoms with Crippen molar-refractivity contribution >= 4 is 11.0 Å². The Labute approximate surface area is 226 Å². The highest BCUT2D eigenvalue weighted by Crippen LogP contribution is 2.43. The molecule has 0 aliphatic heterocycles. The molecule has 0 radical (unpaired) electrons. The lowest BCUT2D eigenvalue weighted by atomic mass is 10.1. The minimum absolute atomic E-state index is 0.250. The van der Waals surface area contributed by atoms with Crippen LogP contribution >= 0.6 is 0 Å². The molecule has 7 nitrogen and oxygen atoms in total. The van der Waals surface area contributed by atoms with Crippen LogP contribution in [0.4, 0.5) is 0 Å². The molecule has 4 aromatic carbocycles. The van der Waals surface area contributed by atoms with Crippen molar-refractivity contribution in [1.29, 1.82) is 0 Å². The molecule has 0 atom stereocenters. The highest BCUT2D eigenvalue weighted by atomic mass is 16.5. The first kappa shape index (κ1) is 25.7. The molecule has 0 aliphatic carbocycles. The molecule has 7 heteroatoms. The summed E-state index contributed by atoms with van der Waals surface area (Å²) in [4.78, 5) is 13.3. The highest BCUT2D eigenvalue weighted by Gasteiger charge is 2.22. The Bertz CT molecular complexity index is 1630. The number of hydrogen-bond donors (Lipinski definition) is 0. The summed E-state index contributed by atoms with van der Waals surface area (Å²) in [6, 6.07) is 28.0. The van der Waals surface area contributed by atoms with Crippen LogP contribution in [0.5, 0.6) is 28.7 Å². The predicted molar refractivity (Wildman–Crippen MR) is 149 cm³/mol. The number of ether oxygens (including phenoxy) is 5. The normalized spacial score (nSPS) is 10.7. The second-order valence-corrected chi connectivity index (χ2v) is 8.70. The van der Waals surface area contributed by atoms with Crippen molar-refractivity contribution in [2.75, 3.05) is 21.3 Å². The number of methoxy groups -OCH3 is 3. The lowest BCUT2D eigenvalue weighted by molar-refractivity contribution is 0.276. The Balaban J connectivity index is 1.54. The van der Waals surface area contributed by atoms with Crippen LogP contribution in [0.3, 0.4) is 0 Å². The van der Waals surface area contributed by atoms with Gasteiger partial charge in [-0.05, 0) is 29.3 Å². The van der Waals surface area contributed by atoms with Crippen LogP contribution in [0.1, 0.15) is 11.1 Å². The van der Waals surface area contributed by atoms with Crippen molar-refractivity contribution in [3.63, 3.8) is 0 Å². The first-order valence-corrected chi connectivity index (χ1v) is 12.4. The molecule has 0 aliphatic rings. The third-order valence-electron chi connectivity index (χ3n) is 6.22. The largest absolute Gasteiger partial charge is 0.493 e. The third-order valence-corrected chi connectivity index (χ3v) is 6.22. The minimum Gasteiger partial charge on any atom is -0.493 e. The lowest BCUT2D eigenvalue weighted by Crippen LogP contribution is -2.06. The van der Waals surface area contributed by atoms with Gasteiger partial charge in [0.25, 0.3) is 0 Å².